The Bertz CT molecular complexity index is 672. The molecule has 0 saturated heterocycles. The van der Waals surface area contributed by atoms with Crippen LogP contribution in [0, 0.1) is 0 Å². The number of carbonyl (C=O) groups is 1. The molecule has 108 valence electrons. The predicted octanol–water partition coefficient (Wildman–Crippen LogP) is 2.90. The Balaban J connectivity index is 2.17. The lowest BCUT2D eigenvalue weighted by atomic mass is 10.2. The highest BCUT2D eigenvalue weighted by molar-refractivity contribution is 6.31. The van der Waals surface area contributed by atoms with E-state index >= 15 is 0 Å². The molecule has 0 aliphatic carbocycles. The molecule has 2 aromatic rings. The van der Waals surface area contributed by atoms with E-state index in [0.717, 1.165) is 5.56 Å². The molecule has 21 heavy (non-hydrogen) atoms. The van der Waals surface area contributed by atoms with Gasteiger partial charge in [0.25, 0.3) is 5.91 Å². The van der Waals surface area contributed by atoms with Crippen molar-refractivity contribution in [2.75, 3.05) is 7.11 Å². The van der Waals surface area contributed by atoms with E-state index in [2.05, 4.69) is 15.5 Å². The third kappa shape index (κ3) is 3.79. The van der Waals surface area contributed by atoms with E-state index < -0.39 is 5.91 Å². The van der Waals surface area contributed by atoms with Gasteiger partial charge in [-0.2, -0.15) is 5.10 Å². The van der Waals surface area contributed by atoms with Gasteiger partial charge in [0.05, 0.1) is 18.4 Å². The summed E-state index contributed by atoms with van der Waals surface area (Å²) < 4.78 is 5.13. The summed E-state index contributed by atoms with van der Waals surface area (Å²) in [5.41, 5.74) is 4.29. The van der Waals surface area contributed by atoms with Gasteiger partial charge in [0, 0.05) is 23.0 Å². The zero-order chi connectivity index (χ0) is 15.2. The quantitative estimate of drug-likeness (QED) is 0.698. The van der Waals surface area contributed by atoms with Crippen molar-refractivity contribution >= 4 is 23.2 Å². The van der Waals surface area contributed by atoms with Crippen LogP contribution in [0.4, 0.5) is 0 Å². The molecule has 0 aliphatic heterocycles. The molecule has 1 aromatic carbocycles. The lowest BCUT2D eigenvalue weighted by molar-refractivity contribution is 0.0952. The summed E-state index contributed by atoms with van der Waals surface area (Å²) in [4.78, 5) is 16.1. The standard InChI is InChI=1S/C15H14ClN3O2/c1-10(11-4-3-7-17-9-11)18-19-15(20)13-8-12(16)5-6-14(13)21-2/h3-9H,1-2H3,(H,19,20). The largest absolute Gasteiger partial charge is 0.496 e. The van der Waals surface area contributed by atoms with E-state index in [0.29, 0.717) is 22.0 Å². The predicted molar refractivity (Wildman–Crippen MR) is 81.9 cm³/mol. The smallest absolute Gasteiger partial charge is 0.275 e. The first-order valence-corrected chi connectivity index (χ1v) is 6.58. The zero-order valence-corrected chi connectivity index (χ0v) is 12.4. The molecule has 0 atom stereocenters. The van der Waals surface area contributed by atoms with Crippen molar-refractivity contribution < 1.29 is 9.53 Å². The third-order valence-corrected chi connectivity index (χ3v) is 3.05. The summed E-state index contributed by atoms with van der Waals surface area (Å²) >= 11 is 5.90. The highest BCUT2D eigenvalue weighted by atomic mass is 35.5. The molecule has 0 fully saturated rings. The van der Waals surface area contributed by atoms with Gasteiger partial charge in [0.2, 0.25) is 0 Å². The summed E-state index contributed by atoms with van der Waals surface area (Å²) in [5.74, 6) is 0.0451. The summed E-state index contributed by atoms with van der Waals surface area (Å²) in [6.45, 7) is 1.78. The van der Waals surface area contributed by atoms with Gasteiger partial charge < -0.3 is 4.74 Å². The van der Waals surface area contributed by atoms with Crippen LogP contribution in [-0.4, -0.2) is 23.7 Å². The minimum Gasteiger partial charge on any atom is -0.496 e. The fourth-order valence-corrected chi connectivity index (χ4v) is 1.87. The maximum Gasteiger partial charge on any atom is 0.275 e. The minimum atomic E-state index is -0.391. The number of hydrogen-bond donors (Lipinski definition) is 1. The topological polar surface area (TPSA) is 63.6 Å². The number of rotatable bonds is 4. The first-order chi connectivity index (χ1) is 10.1. The lowest BCUT2D eigenvalue weighted by Gasteiger charge is -2.08. The summed E-state index contributed by atoms with van der Waals surface area (Å²) in [7, 11) is 1.49. The van der Waals surface area contributed by atoms with Crippen LogP contribution in [0.3, 0.4) is 0 Å². The van der Waals surface area contributed by atoms with Crippen molar-refractivity contribution in [1.29, 1.82) is 0 Å². The van der Waals surface area contributed by atoms with Gasteiger partial charge in [-0.05, 0) is 31.2 Å². The van der Waals surface area contributed by atoms with Crippen molar-refractivity contribution in [2.45, 2.75) is 6.92 Å². The van der Waals surface area contributed by atoms with Gasteiger partial charge in [0.15, 0.2) is 0 Å². The molecule has 0 spiro atoms. The van der Waals surface area contributed by atoms with Crippen LogP contribution in [-0.2, 0) is 0 Å². The van der Waals surface area contributed by atoms with Crippen LogP contribution in [0.2, 0.25) is 5.02 Å². The van der Waals surface area contributed by atoms with Crippen LogP contribution in [0.25, 0.3) is 0 Å². The average Bonchev–Trinajstić information content (AvgIpc) is 2.53. The number of methoxy groups -OCH3 is 1. The van der Waals surface area contributed by atoms with E-state index in [1.807, 2.05) is 6.07 Å². The number of aromatic nitrogens is 1. The van der Waals surface area contributed by atoms with Crippen molar-refractivity contribution in [3.63, 3.8) is 0 Å². The van der Waals surface area contributed by atoms with Crippen molar-refractivity contribution in [3.05, 3.63) is 58.9 Å². The second kappa shape index (κ2) is 6.85. The maximum atomic E-state index is 12.1. The van der Waals surface area contributed by atoms with Crippen LogP contribution in [0.1, 0.15) is 22.8 Å². The number of benzene rings is 1. The molecule has 0 radical (unpaired) electrons. The molecule has 1 amide bonds. The molecular weight excluding hydrogens is 290 g/mol. The highest BCUT2D eigenvalue weighted by Crippen LogP contribution is 2.22. The first kappa shape index (κ1) is 15.0. The Hall–Kier alpha value is -2.40. The van der Waals surface area contributed by atoms with Gasteiger partial charge in [-0.1, -0.05) is 17.7 Å². The van der Waals surface area contributed by atoms with Crippen LogP contribution < -0.4 is 10.2 Å². The monoisotopic (exact) mass is 303 g/mol. The number of nitrogens with zero attached hydrogens (tertiary/aromatic N) is 2. The SMILES string of the molecule is COc1ccc(Cl)cc1C(=O)NN=C(C)c1cccnc1. The normalized spacial score (nSPS) is 11.1. The van der Waals surface area contributed by atoms with Crippen LogP contribution >= 0.6 is 11.6 Å². The van der Waals surface area contributed by atoms with Gasteiger partial charge in [-0.25, -0.2) is 5.43 Å². The van der Waals surface area contributed by atoms with Crippen LogP contribution in [0.5, 0.6) is 5.75 Å². The number of pyridine rings is 1. The first-order valence-electron chi connectivity index (χ1n) is 6.20. The summed E-state index contributed by atoms with van der Waals surface area (Å²) in [6, 6.07) is 8.48. The molecule has 5 nitrogen and oxygen atoms in total. The van der Waals surface area contributed by atoms with E-state index in [9.17, 15) is 4.79 Å². The van der Waals surface area contributed by atoms with Gasteiger partial charge in [-0.15, -0.1) is 0 Å². The Labute approximate surface area is 127 Å². The van der Waals surface area contributed by atoms with E-state index in [1.54, 1.807) is 37.5 Å². The lowest BCUT2D eigenvalue weighted by Crippen LogP contribution is -2.20. The van der Waals surface area contributed by atoms with Crippen molar-refractivity contribution in [1.82, 2.24) is 10.4 Å². The Kier molecular flexibility index (Phi) is 4.90. The summed E-state index contributed by atoms with van der Waals surface area (Å²) in [6.07, 6.45) is 3.34. The summed E-state index contributed by atoms with van der Waals surface area (Å²) in [5, 5.41) is 4.51. The van der Waals surface area contributed by atoms with Gasteiger partial charge in [-0.3, -0.25) is 9.78 Å². The van der Waals surface area contributed by atoms with Gasteiger partial charge >= 0.3 is 0 Å². The molecule has 0 saturated carbocycles. The van der Waals surface area contributed by atoms with Crippen LogP contribution in [0.15, 0.2) is 47.8 Å². The molecule has 2 rings (SSSR count). The molecule has 0 unspecified atom stereocenters. The average molecular weight is 304 g/mol. The number of halogens is 1. The molecule has 1 N–H and O–H groups in total. The molecule has 0 aliphatic rings. The van der Waals surface area contributed by atoms with Crippen molar-refractivity contribution in [2.24, 2.45) is 5.10 Å². The second-order valence-corrected chi connectivity index (χ2v) is 4.66. The minimum absolute atomic E-state index is 0.327. The number of ether oxygens (including phenoxy) is 1. The second-order valence-electron chi connectivity index (χ2n) is 4.22. The fourth-order valence-electron chi connectivity index (χ4n) is 1.69. The van der Waals surface area contributed by atoms with Gasteiger partial charge in [0.1, 0.15) is 5.75 Å². The fraction of sp³-hybridized carbons (Fsp3) is 0.133. The highest BCUT2D eigenvalue weighted by Gasteiger charge is 2.12. The number of nitrogens with one attached hydrogen (secondary N) is 1. The molecular formula is C15H14ClN3O2. The van der Waals surface area contributed by atoms with Crippen molar-refractivity contribution in [3.8, 4) is 5.75 Å². The Morgan fingerprint density at radius 1 is 1.38 bits per heavy atom. The Morgan fingerprint density at radius 3 is 2.86 bits per heavy atom. The zero-order valence-electron chi connectivity index (χ0n) is 11.6. The number of carbonyl (C=O) groups excluding carboxylic acids is 1. The number of hydrazone groups is 1. The molecule has 6 heteroatoms. The number of hydrogen-bond acceptors (Lipinski definition) is 4. The van der Waals surface area contributed by atoms with E-state index in [1.165, 1.54) is 13.2 Å². The Morgan fingerprint density at radius 2 is 2.19 bits per heavy atom. The molecule has 1 aromatic heterocycles. The molecule has 0 bridgehead atoms. The van der Waals surface area contributed by atoms with E-state index in [4.69, 9.17) is 16.3 Å². The molecule has 1 heterocycles. The third-order valence-electron chi connectivity index (χ3n) is 2.81. The van der Waals surface area contributed by atoms with E-state index in [-0.39, 0.29) is 0 Å². The number of amides is 1. The maximum absolute atomic E-state index is 12.1.